The normalized spacial score (nSPS) is 20.8. The predicted molar refractivity (Wildman–Crippen MR) is 136 cm³/mol. The predicted octanol–water partition coefficient (Wildman–Crippen LogP) is 1.57. The van der Waals surface area contributed by atoms with Gasteiger partial charge < -0.3 is 14.9 Å². The quantitative estimate of drug-likeness (QED) is 0.500. The highest BCUT2D eigenvalue weighted by Gasteiger charge is 2.40. The average Bonchev–Trinajstić information content (AvgIpc) is 3.10. The summed E-state index contributed by atoms with van der Waals surface area (Å²) in [5.74, 6) is -3.11. The Morgan fingerprint density at radius 3 is 2.24 bits per heavy atom. The highest BCUT2D eigenvalue weighted by atomic mass is 16.5. The van der Waals surface area contributed by atoms with Crippen molar-refractivity contribution in [1.82, 2.24) is 19.0 Å². The fraction of sp³-hybridized carbons (Fsp3) is 0.577. The third-order valence-corrected chi connectivity index (χ3v) is 7.23. The molecule has 1 aromatic carbocycles. The number of aromatic nitrogens is 3. The van der Waals surface area contributed by atoms with Gasteiger partial charge in [-0.3, -0.25) is 9.47 Å². The largest absolute Gasteiger partial charge is 0.473 e. The van der Waals surface area contributed by atoms with Gasteiger partial charge in [0, 0.05) is 38.6 Å². The average molecular weight is 517 g/mol. The molecule has 11 heteroatoms. The Kier molecular flexibility index (Phi) is 9.76. The van der Waals surface area contributed by atoms with Crippen LogP contribution in [0.15, 0.2) is 33.9 Å². The van der Waals surface area contributed by atoms with Crippen LogP contribution in [0.1, 0.15) is 56.0 Å². The van der Waals surface area contributed by atoms with Crippen LogP contribution >= 0.6 is 0 Å². The number of carboxylic acid groups (broad SMARTS) is 2. The van der Waals surface area contributed by atoms with Crippen molar-refractivity contribution in [2.75, 3.05) is 6.54 Å². The van der Waals surface area contributed by atoms with Crippen LogP contribution in [0.4, 0.5) is 0 Å². The third-order valence-electron chi connectivity index (χ3n) is 7.23. The minimum atomic E-state index is -1.82. The minimum Gasteiger partial charge on any atom is -0.473 e. The van der Waals surface area contributed by atoms with E-state index >= 15 is 0 Å². The van der Waals surface area contributed by atoms with Crippen LogP contribution in [-0.2, 0) is 40.9 Å². The molecular weight excluding hydrogens is 480 g/mol. The van der Waals surface area contributed by atoms with Crippen molar-refractivity contribution in [2.45, 2.75) is 83.7 Å². The molecule has 1 aromatic heterocycles. The van der Waals surface area contributed by atoms with Gasteiger partial charge in [0.2, 0.25) is 0 Å². The van der Waals surface area contributed by atoms with Crippen molar-refractivity contribution in [3.63, 3.8) is 0 Å². The Labute approximate surface area is 215 Å². The first kappa shape index (κ1) is 28.3. The number of hydrogen-bond acceptors (Lipinski definition) is 7. The number of benzene rings is 1. The van der Waals surface area contributed by atoms with E-state index in [9.17, 15) is 9.59 Å². The molecule has 37 heavy (non-hydrogen) atoms. The molecule has 0 saturated carbocycles. The van der Waals surface area contributed by atoms with Crippen LogP contribution in [0.5, 0.6) is 0 Å². The Morgan fingerprint density at radius 2 is 1.68 bits per heavy atom. The highest BCUT2D eigenvalue weighted by molar-refractivity contribution is 6.27. The van der Waals surface area contributed by atoms with E-state index < -0.39 is 17.6 Å². The van der Waals surface area contributed by atoms with E-state index in [1.807, 2.05) is 6.92 Å². The number of ether oxygens (including phenoxy) is 1. The summed E-state index contributed by atoms with van der Waals surface area (Å²) in [5, 5.41) is 14.8. The number of fused-ring (bicyclic) bond motifs is 2. The van der Waals surface area contributed by atoms with Crippen LogP contribution in [-0.4, -0.2) is 65.9 Å². The van der Waals surface area contributed by atoms with Gasteiger partial charge in [-0.25, -0.2) is 23.7 Å². The Hall–Kier alpha value is -3.31. The van der Waals surface area contributed by atoms with Gasteiger partial charge in [-0.1, -0.05) is 31.2 Å². The molecule has 0 amide bonds. The molecule has 2 N–H and O–H groups in total. The molecule has 2 aliphatic rings. The molecule has 11 nitrogen and oxygen atoms in total. The maximum Gasteiger partial charge on any atom is 0.414 e. The number of piperidine rings is 1. The van der Waals surface area contributed by atoms with E-state index in [1.165, 1.54) is 33.1 Å². The number of nitrogens with zero attached hydrogens (tertiary/aromatic N) is 4. The zero-order valence-corrected chi connectivity index (χ0v) is 21.6. The van der Waals surface area contributed by atoms with Crippen molar-refractivity contribution in [3.05, 3.63) is 62.2 Å². The van der Waals surface area contributed by atoms with Gasteiger partial charge in [-0.2, -0.15) is 4.98 Å². The topological polar surface area (TPSA) is 144 Å². The lowest BCUT2D eigenvalue weighted by Gasteiger charge is -2.39. The zero-order valence-electron chi connectivity index (χ0n) is 21.6. The molecule has 4 rings (SSSR count). The lowest BCUT2D eigenvalue weighted by atomic mass is 9.99. The van der Waals surface area contributed by atoms with Gasteiger partial charge in [0.1, 0.15) is 5.82 Å². The molecule has 2 saturated heterocycles. The van der Waals surface area contributed by atoms with Gasteiger partial charge in [0.25, 0.3) is 0 Å². The maximum absolute atomic E-state index is 12.5. The summed E-state index contributed by atoms with van der Waals surface area (Å²) in [6, 6.07) is 9.50. The van der Waals surface area contributed by atoms with Gasteiger partial charge in [-0.05, 0) is 50.2 Å². The molecule has 0 aliphatic carbocycles. The smallest absolute Gasteiger partial charge is 0.414 e. The highest BCUT2D eigenvalue weighted by Crippen LogP contribution is 2.37. The van der Waals surface area contributed by atoms with Gasteiger partial charge >= 0.3 is 23.3 Å². The van der Waals surface area contributed by atoms with E-state index in [1.54, 1.807) is 7.05 Å². The molecule has 0 spiro atoms. The maximum atomic E-state index is 12.5. The van der Waals surface area contributed by atoms with Gasteiger partial charge in [0.05, 0.1) is 12.7 Å². The minimum absolute atomic E-state index is 0.261. The molecule has 2 aromatic rings. The SMILES string of the molecule is CCc1nc(=O)n(CCCN2C3CCC2CC(OCc2ccccc2C)C3)c(=O)n1C.O=C(O)C(=O)O. The monoisotopic (exact) mass is 516 g/mol. The lowest BCUT2D eigenvalue weighted by molar-refractivity contribution is -0.159. The Bertz CT molecular complexity index is 1200. The molecule has 2 unspecified atom stereocenters. The summed E-state index contributed by atoms with van der Waals surface area (Å²) in [4.78, 5) is 49.6. The summed E-state index contributed by atoms with van der Waals surface area (Å²) in [7, 11) is 1.69. The first-order valence-corrected chi connectivity index (χ1v) is 12.7. The summed E-state index contributed by atoms with van der Waals surface area (Å²) < 4.78 is 9.06. The third kappa shape index (κ3) is 7.14. The standard InChI is InChI=1S/C24H34N4O3.C2H2O4/c1-4-22-25-23(29)28(24(30)26(22)3)13-7-12-27-19-10-11-20(27)15-21(14-19)31-16-18-9-6-5-8-17(18)2;3-1(4)2(5)6/h5-6,8-9,19-21H,4,7,10-16H2,1-3H3;(H,3,4)(H,5,6). The second-order valence-corrected chi connectivity index (χ2v) is 9.57. The molecule has 2 atom stereocenters. The van der Waals surface area contributed by atoms with Crippen LogP contribution in [0.2, 0.25) is 0 Å². The summed E-state index contributed by atoms with van der Waals surface area (Å²) in [6.45, 7) is 6.05. The van der Waals surface area contributed by atoms with Crippen molar-refractivity contribution < 1.29 is 24.5 Å². The van der Waals surface area contributed by atoms with Crippen LogP contribution in [0.3, 0.4) is 0 Å². The van der Waals surface area contributed by atoms with Gasteiger partial charge in [-0.15, -0.1) is 0 Å². The number of aliphatic carboxylic acids is 2. The fourth-order valence-corrected chi connectivity index (χ4v) is 5.24. The zero-order chi connectivity index (χ0) is 27.1. The first-order valence-electron chi connectivity index (χ1n) is 12.7. The van der Waals surface area contributed by atoms with Gasteiger partial charge in [0.15, 0.2) is 0 Å². The lowest BCUT2D eigenvalue weighted by Crippen LogP contribution is -2.47. The fourth-order valence-electron chi connectivity index (χ4n) is 5.24. The second kappa shape index (κ2) is 12.8. The first-order chi connectivity index (χ1) is 17.6. The van der Waals surface area contributed by atoms with Crippen LogP contribution in [0.25, 0.3) is 0 Å². The van der Waals surface area contributed by atoms with E-state index in [4.69, 9.17) is 24.5 Å². The van der Waals surface area contributed by atoms with Crippen LogP contribution < -0.4 is 11.4 Å². The van der Waals surface area contributed by atoms with Crippen molar-refractivity contribution in [1.29, 1.82) is 0 Å². The number of carboxylic acids is 2. The summed E-state index contributed by atoms with van der Waals surface area (Å²) in [6.07, 6.45) is 6.23. The Morgan fingerprint density at radius 1 is 1.05 bits per heavy atom. The Balaban J connectivity index is 0.000000568. The molecule has 202 valence electrons. The molecule has 2 bridgehead atoms. The molecule has 0 radical (unpaired) electrons. The van der Waals surface area contributed by atoms with Crippen molar-refractivity contribution in [2.24, 2.45) is 7.05 Å². The molecule has 3 heterocycles. The van der Waals surface area contributed by atoms with E-state index in [0.29, 0.717) is 43.6 Å². The number of carbonyl (C=O) groups is 2. The number of aryl methyl sites for hydroxylation is 2. The van der Waals surface area contributed by atoms with Crippen molar-refractivity contribution in [3.8, 4) is 0 Å². The van der Waals surface area contributed by atoms with Crippen molar-refractivity contribution >= 4 is 11.9 Å². The number of hydrogen-bond donors (Lipinski definition) is 2. The molecule has 2 fully saturated rings. The second-order valence-electron chi connectivity index (χ2n) is 9.57. The van der Waals surface area contributed by atoms with E-state index in [0.717, 1.165) is 25.8 Å². The van der Waals surface area contributed by atoms with Crippen LogP contribution in [0, 0.1) is 6.92 Å². The number of rotatable bonds is 8. The molecule has 2 aliphatic heterocycles. The summed E-state index contributed by atoms with van der Waals surface area (Å²) in [5.41, 5.74) is 1.87. The summed E-state index contributed by atoms with van der Waals surface area (Å²) >= 11 is 0. The van der Waals surface area contributed by atoms with E-state index in [2.05, 4.69) is 41.1 Å². The molecular formula is C26H36N4O7. The van der Waals surface area contributed by atoms with E-state index in [-0.39, 0.29) is 5.69 Å².